The molecule has 4 aromatic rings. The van der Waals surface area contributed by atoms with Gasteiger partial charge in [0.1, 0.15) is 16.8 Å². The molecule has 4 rings (SSSR count). The average molecular weight is 432 g/mol. The number of thioether (sulfide) groups is 1. The number of para-hydroxylation sites is 2. The number of rotatable bonds is 5. The van der Waals surface area contributed by atoms with Gasteiger partial charge in [0.25, 0.3) is 5.56 Å². The summed E-state index contributed by atoms with van der Waals surface area (Å²) in [7, 11) is 1.54. The van der Waals surface area contributed by atoms with E-state index in [1.165, 1.54) is 41.9 Å². The first-order valence-corrected chi connectivity index (χ1v) is 9.76. The topological polar surface area (TPSA) is 72.8 Å². The summed E-state index contributed by atoms with van der Waals surface area (Å²) in [6, 6.07) is 12.1. The van der Waals surface area contributed by atoms with Crippen molar-refractivity contribution in [1.29, 1.82) is 0 Å². The van der Waals surface area contributed by atoms with E-state index in [9.17, 15) is 18.0 Å². The Morgan fingerprint density at radius 1 is 1.13 bits per heavy atom. The number of aromatic nitrogens is 4. The number of hydrogen-bond acceptors (Lipinski definition) is 5. The van der Waals surface area contributed by atoms with Crippen molar-refractivity contribution < 1.29 is 17.9 Å². The first kappa shape index (κ1) is 20.0. The van der Waals surface area contributed by atoms with Crippen molar-refractivity contribution in [3.05, 3.63) is 76.2 Å². The number of halogens is 3. The predicted molar refractivity (Wildman–Crippen MR) is 107 cm³/mol. The second kappa shape index (κ2) is 7.86. The van der Waals surface area contributed by atoms with Gasteiger partial charge in [-0.15, -0.1) is 0 Å². The van der Waals surface area contributed by atoms with Gasteiger partial charge in [-0.2, -0.15) is 18.3 Å². The summed E-state index contributed by atoms with van der Waals surface area (Å²) < 4.78 is 45.0. The highest BCUT2D eigenvalue weighted by Crippen LogP contribution is 2.30. The molecule has 1 N–H and O–H groups in total. The van der Waals surface area contributed by atoms with Crippen molar-refractivity contribution in [2.75, 3.05) is 7.11 Å². The summed E-state index contributed by atoms with van der Waals surface area (Å²) in [5.41, 5.74) is 0.611. The van der Waals surface area contributed by atoms with E-state index in [1.807, 2.05) is 12.1 Å². The van der Waals surface area contributed by atoms with Gasteiger partial charge in [-0.3, -0.25) is 4.79 Å². The summed E-state index contributed by atoms with van der Waals surface area (Å²) in [6.45, 7) is 0. The molecule has 2 aromatic carbocycles. The van der Waals surface area contributed by atoms with Crippen LogP contribution < -0.4 is 10.3 Å². The quantitative estimate of drug-likeness (QED) is 0.373. The van der Waals surface area contributed by atoms with E-state index in [0.717, 1.165) is 12.1 Å². The van der Waals surface area contributed by atoms with Crippen LogP contribution in [0.25, 0.3) is 16.7 Å². The third-order valence-electron chi connectivity index (χ3n) is 4.39. The van der Waals surface area contributed by atoms with Gasteiger partial charge in [-0.1, -0.05) is 36.0 Å². The summed E-state index contributed by atoms with van der Waals surface area (Å²) in [4.78, 5) is 19.6. The monoisotopic (exact) mass is 432 g/mol. The normalized spacial score (nSPS) is 11.7. The summed E-state index contributed by atoms with van der Waals surface area (Å²) in [5.74, 6) is 0.915. The minimum absolute atomic E-state index is 0.319. The average Bonchev–Trinajstić information content (AvgIpc) is 3.16. The molecule has 30 heavy (non-hydrogen) atoms. The molecule has 0 saturated heterocycles. The molecule has 2 heterocycles. The number of methoxy groups -OCH3 is 1. The lowest BCUT2D eigenvalue weighted by Gasteiger charge is -2.09. The van der Waals surface area contributed by atoms with Crippen molar-refractivity contribution >= 4 is 22.8 Å². The molecule has 0 aliphatic carbocycles. The molecule has 0 bridgehead atoms. The Kier molecular flexibility index (Phi) is 5.25. The largest absolute Gasteiger partial charge is 0.494 e. The van der Waals surface area contributed by atoms with Crippen LogP contribution in [0.2, 0.25) is 0 Å². The number of nitrogens with one attached hydrogen (secondary N) is 1. The standard InChI is InChI=1S/C20H15F3N4O2S/c1-29-16-5-3-2-4-15(16)27-17-14(10-24-27)18(28)26-19(25-17)30-11-12-6-8-13(9-7-12)20(21,22)23/h2-10H,11H2,1H3,(H,25,26,28). The first-order chi connectivity index (χ1) is 14.4. The number of nitrogens with zero attached hydrogens (tertiary/aromatic N) is 3. The SMILES string of the molecule is COc1ccccc1-n1ncc2c(=O)[nH]c(SCc3ccc(C(F)(F)F)cc3)nc21. The van der Waals surface area contributed by atoms with E-state index >= 15 is 0 Å². The number of alkyl halides is 3. The summed E-state index contributed by atoms with van der Waals surface area (Å²) in [6.07, 6.45) is -2.95. The highest BCUT2D eigenvalue weighted by atomic mass is 32.2. The van der Waals surface area contributed by atoms with Crippen molar-refractivity contribution in [3.63, 3.8) is 0 Å². The van der Waals surface area contributed by atoms with Gasteiger partial charge < -0.3 is 9.72 Å². The third-order valence-corrected chi connectivity index (χ3v) is 5.33. The van der Waals surface area contributed by atoms with E-state index in [4.69, 9.17) is 4.74 Å². The Bertz CT molecular complexity index is 1250. The van der Waals surface area contributed by atoms with Gasteiger partial charge in [-0.25, -0.2) is 9.67 Å². The molecule has 154 valence electrons. The smallest absolute Gasteiger partial charge is 0.416 e. The van der Waals surface area contributed by atoms with Crippen LogP contribution in [0, 0.1) is 0 Å². The lowest BCUT2D eigenvalue weighted by Crippen LogP contribution is -2.10. The Hall–Kier alpha value is -3.27. The molecule has 0 radical (unpaired) electrons. The van der Waals surface area contributed by atoms with Crippen LogP contribution in [0.1, 0.15) is 11.1 Å². The Labute approximate surface area is 172 Å². The van der Waals surface area contributed by atoms with Gasteiger partial charge in [0.05, 0.1) is 18.9 Å². The van der Waals surface area contributed by atoms with E-state index in [-0.39, 0.29) is 5.56 Å². The zero-order chi connectivity index (χ0) is 21.3. The van der Waals surface area contributed by atoms with Crippen molar-refractivity contribution in [3.8, 4) is 11.4 Å². The van der Waals surface area contributed by atoms with Crippen LogP contribution in [0.3, 0.4) is 0 Å². The fourth-order valence-electron chi connectivity index (χ4n) is 2.89. The zero-order valence-corrected chi connectivity index (χ0v) is 16.4. The molecule has 0 saturated carbocycles. The molecule has 0 amide bonds. The molecule has 6 nitrogen and oxygen atoms in total. The maximum Gasteiger partial charge on any atom is 0.416 e. The van der Waals surface area contributed by atoms with Crippen LogP contribution in [0.15, 0.2) is 64.7 Å². The van der Waals surface area contributed by atoms with Crippen molar-refractivity contribution in [1.82, 2.24) is 19.7 Å². The van der Waals surface area contributed by atoms with Crippen LogP contribution in [0.5, 0.6) is 5.75 Å². The van der Waals surface area contributed by atoms with Crippen LogP contribution in [0.4, 0.5) is 13.2 Å². The van der Waals surface area contributed by atoms with Crippen molar-refractivity contribution in [2.24, 2.45) is 0 Å². The molecule has 0 spiro atoms. The van der Waals surface area contributed by atoms with Crippen molar-refractivity contribution in [2.45, 2.75) is 17.1 Å². The maximum atomic E-state index is 12.7. The fraction of sp³-hybridized carbons (Fsp3) is 0.150. The highest BCUT2D eigenvalue weighted by Gasteiger charge is 2.29. The zero-order valence-electron chi connectivity index (χ0n) is 15.6. The van der Waals surface area contributed by atoms with E-state index in [0.29, 0.717) is 38.9 Å². The highest BCUT2D eigenvalue weighted by molar-refractivity contribution is 7.98. The molecule has 2 aromatic heterocycles. The third kappa shape index (κ3) is 3.90. The number of aromatic amines is 1. The summed E-state index contributed by atoms with van der Waals surface area (Å²) >= 11 is 1.21. The first-order valence-electron chi connectivity index (χ1n) is 8.77. The molecule has 10 heteroatoms. The second-order valence-electron chi connectivity index (χ2n) is 6.32. The number of H-pyrrole nitrogens is 1. The minimum Gasteiger partial charge on any atom is -0.494 e. The fourth-order valence-corrected chi connectivity index (χ4v) is 3.70. The number of hydrogen-bond donors (Lipinski definition) is 1. The molecular weight excluding hydrogens is 417 g/mol. The number of fused-ring (bicyclic) bond motifs is 1. The van der Waals surface area contributed by atoms with Gasteiger partial charge >= 0.3 is 6.18 Å². The molecule has 0 aliphatic rings. The lowest BCUT2D eigenvalue weighted by atomic mass is 10.1. The van der Waals surface area contributed by atoms with E-state index in [1.54, 1.807) is 12.1 Å². The Balaban J connectivity index is 1.64. The Morgan fingerprint density at radius 3 is 2.57 bits per heavy atom. The molecule has 0 unspecified atom stereocenters. The maximum absolute atomic E-state index is 12.7. The second-order valence-corrected chi connectivity index (χ2v) is 7.28. The predicted octanol–water partition coefficient (Wildman–Crippen LogP) is 4.43. The van der Waals surface area contributed by atoms with Gasteiger partial charge in [0, 0.05) is 5.75 Å². The van der Waals surface area contributed by atoms with E-state index in [2.05, 4.69) is 15.1 Å². The van der Waals surface area contributed by atoms with Crippen LogP contribution in [-0.2, 0) is 11.9 Å². The minimum atomic E-state index is -4.37. The van der Waals surface area contributed by atoms with Gasteiger partial charge in [0.2, 0.25) is 0 Å². The van der Waals surface area contributed by atoms with Crippen LogP contribution >= 0.6 is 11.8 Å². The van der Waals surface area contributed by atoms with Crippen LogP contribution in [-0.4, -0.2) is 26.9 Å². The van der Waals surface area contributed by atoms with E-state index < -0.39 is 11.7 Å². The molecule has 0 aliphatic heterocycles. The van der Waals surface area contributed by atoms with Gasteiger partial charge in [0.15, 0.2) is 10.8 Å². The number of ether oxygens (including phenoxy) is 1. The lowest BCUT2D eigenvalue weighted by molar-refractivity contribution is -0.137. The molecular formula is C20H15F3N4O2S. The number of benzene rings is 2. The van der Waals surface area contributed by atoms with Gasteiger partial charge in [-0.05, 0) is 29.8 Å². The summed E-state index contributed by atoms with van der Waals surface area (Å²) in [5, 5.41) is 4.92. The molecule has 0 fully saturated rings. The Morgan fingerprint density at radius 2 is 1.87 bits per heavy atom. The molecule has 0 atom stereocenters.